The van der Waals surface area contributed by atoms with E-state index in [-0.39, 0.29) is 11.9 Å². The first-order chi connectivity index (χ1) is 14.0. The summed E-state index contributed by atoms with van der Waals surface area (Å²) in [4.78, 5) is 26.3. The molecule has 2 aromatic rings. The Hall–Kier alpha value is -2.66. The number of ether oxygens (including phenoxy) is 1. The molecular weight excluding hydrogens is 364 g/mol. The molecule has 3 rings (SSSR count). The summed E-state index contributed by atoms with van der Waals surface area (Å²) in [5.41, 5.74) is 2.76. The highest BCUT2D eigenvalue weighted by Gasteiger charge is 2.42. The number of carbonyl (C=O) groups excluding carboxylic acids is 2. The van der Waals surface area contributed by atoms with Crippen molar-refractivity contribution in [2.24, 2.45) is 5.41 Å². The Kier molecular flexibility index (Phi) is 7.04. The van der Waals surface area contributed by atoms with E-state index in [9.17, 15) is 9.59 Å². The molecule has 1 aliphatic heterocycles. The number of hydrogen-bond acceptors (Lipinski definition) is 4. The molecule has 1 unspecified atom stereocenters. The summed E-state index contributed by atoms with van der Waals surface area (Å²) < 4.78 is 5.23. The van der Waals surface area contributed by atoms with Crippen LogP contribution in [0.5, 0.6) is 0 Å². The number of esters is 1. The molecule has 154 valence electrons. The summed E-state index contributed by atoms with van der Waals surface area (Å²) in [5, 5.41) is 2.79. The molecule has 1 fully saturated rings. The van der Waals surface area contributed by atoms with E-state index < -0.39 is 5.41 Å². The van der Waals surface area contributed by atoms with Crippen LogP contribution in [-0.2, 0) is 27.3 Å². The zero-order valence-corrected chi connectivity index (χ0v) is 17.3. The Balaban J connectivity index is 1.67. The van der Waals surface area contributed by atoms with E-state index in [4.69, 9.17) is 4.74 Å². The number of anilines is 1. The number of rotatable bonds is 7. The zero-order chi connectivity index (χ0) is 20.7. The highest BCUT2D eigenvalue weighted by atomic mass is 16.5. The Morgan fingerprint density at radius 2 is 1.79 bits per heavy atom. The fraction of sp³-hybridized carbons (Fsp3) is 0.417. The van der Waals surface area contributed by atoms with Gasteiger partial charge in [0.1, 0.15) is 0 Å². The lowest BCUT2D eigenvalue weighted by Gasteiger charge is -2.41. The van der Waals surface area contributed by atoms with Crippen LogP contribution in [0.1, 0.15) is 37.3 Å². The normalized spacial score (nSPS) is 19.5. The number of carbonyl (C=O) groups is 2. The van der Waals surface area contributed by atoms with Crippen molar-refractivity contribution in [3.05, 3.63) is 65.7 Å². The first kappa shape index (κ1) is 21.1. The third kappa shape index (κ3) is 5.67. The highest BCUT2D eigenvalue weighted by molar-refractivity contribution is 5.88. The largest absolute Gasteiger partial charge is 0.469 e. The minimum absolute atomic E-state index is 0.0740. The lowest BCUT2D eigenvalue weighted by Crippen LogP contribution is -2.48. The highest BCUT2D eigenvalue weighted by Crippen LogP contribution is 2.36. The van der Waals surface area contributed by atoms with Gasteiger partial charge in [0.2, 0.25) is 5.91 Å². The molecular formula is C24H30N2O3. The topological polar surface area (TPSA) is 58.6 Å². The molecule has 2 aromatic carbocycles. The molecule has 0 aliphatic carbocycles. The SMILES string of the molecule is COC(=O)C1(CCc2ccccc2)CCCN(Cc2ccc(NC(C)=O)cc2)C1. The smallest absolute Gasteiger partial charge is 0.313 e. The third-order valence-electron chi connectivity index (χ3n) is 5.69. The summed E-state index contributed by atoms with van der Waals surface area (Å²) in [5.74, 6) is -0.172. The number of nitrogens with zero attached hydrogens (tertiary/aromatic N) is 1. The van der Waals surface area contributed by atoms with Crippen LogP contribution in [0.3, 0.4) is 0 Å². The van der Waals surface area contributed by atoms with Gasteiger partial charge in [-0.15, -0.1) is 0 Å². The summed E-state index contributed by atoms with van der Waals surface area (Å²) in [6, 6.07) is 18.2. The number of likely N-dealkylation sites (tertiary alicyclic amines) is 1. The summed E-state index contributed by atoms with van der Waals surface area (Å²) >= 11 is 0. The Morgan fingerprint density at radius 1 is 1.07 bits per heavy atom. The van der Waals surface area contributed by atoms with Crippen molar-refractivity contribution in [1.29, 1.82) is 0 Å². The Bertz CT molecular complexity index is 820. The van der Waals surface area contributed by atoms with Gasteiger partial charge in [-0.3, -0.25) is 14.5 Å². The van der Waals surface area contributed by atoms with Crippen LogP contribution in [-0.4, -0.2) is 37.0 Å². The number of hydrogen-bond donors (Lipinski definition) is 1. The number of piperidine rings is 1. The van der Waals surface area contributed by atoms with Crippen molar-refractivity contribution in [3.8, 4) is 0 Å². The maximum Gasteiger partial charge on any atom is 0.313 e. The van der Waals surface area contributed by atoms with Gasteiger partial charge in [-0.25, -0.2) is 0 Å². The van der Waals surface area contributed by atoms with Gasteiger partial charge in [-0.05, 0) is 55.5 Å². The van der Waals surface area contributed by atoms with Crippen molar-refractivity contribution in [2.45, 2.75) is 39.2 Å². The van der Waals surface area contributed by atoms with Gasteiger partial charge in [0.25, 0.3) is 0 Å². The lowest BCUT2D eigenvalue weighted by molar-refractivity contribution is -0.157. The summed E-state index contributed by atoms with van der Waals surface area (Å²) in [7, 11) is 1.49. The second-order valence-corrected chi connectivity index (χ2v) is 7.95. The zero-order valence-electron chi connectivity index (χ0n) is 17.3. The number of nitrogens with one attached hydrogen (secondary N) is 1. The van der Waals surface area contributed by atoms with Crippen molar-refractivity contribution < 1.29 is 14.3 Å². The quantitative estimate of drug-likeness (QED) is 0.720. The second kappa shape index (κ2) is 9.70. The molecule has 1 amide bonds. The van der Waals surface area contributed by atoms with E-state index in [0.717, 1.165) is 44.5 Å². The predicted molar refractivity (Wildman–Crippen MR) is 114 cm³/mol. The number of amides is 1. The Labute approximate surface area is 173 Å². The average Bonchev–Trinajstić information content (AvgIpc) is 2.74. The molecule has 1 N–H and O–H groups in total. The van der Waals surface area contributed by atoms with E-state index >= 15 is 0 Å². The van der Waals surface area contributed by atoms with Gasteiger partial charge in [-0.1, -0.05) is 42.5 Å². The first-order valence-corrected chi connectivity index (χ1v) is 10.2. The molecule has 29 heavy (non-hydrogen) atoms. The minimum atomic E-state index is -0.459. The van der Waals surface area contributed by atoms with E-state index in [1.54, 1.807) is 0 Å². The van der Waals surface area contributed by atoms with Gasteiger partial charge in [-0.2, -0.15) is 0 Å². The molecule has 0 saturated carbocycles. The fourth-order valence-electron chi connectivity index (χ4n) is 4.23. The van der Waals surface area contributed by atoms with Crippen LogP contribution in [0.15, 0.2) is 54.6 Å². The van der Waals surface area contributed by atoms with Gasteiger partial charge in [0.15, 0.2) is 0 Å². The van der Waals surface area contributed by atoms with Gasteiger partial charge in [0, 0.05) is 25.7 Å². The molecule has 0 bridgehead atoms. The van der Waals surface area contributed by atoms with Crippen LogP contribution in [0, 0.1) is 5.41 Å². The van der Waals surface area contributed by atoms with Crippen LogP contribution >= 0.6 is 0 Å². The lowest BCUT2D eigenvalue weighted by atomic mass is 9.75. The van der Waals surface area contributed by atoms with Crippen LogP contribution in [0.2, 0.25) is 0 Å². The van der Waals surface area contributed by atoms with Crippen LogP contribution < -0.4 is 5.32 Å². The molecule has 1 aliphatic rings. The number of methoxy groups -OCH3 is 1. The second-order valence-electron chi connectivity index (χ2n) is 7.95. The van der Waals surface area contributed by atoms with Crippen molar-refractivity contribution in [1.82, 2.24) is 4.90 Å². The van der Waals surface area contributed by atoms with Crippen LogP contribution in [0.4, 0.5) is 5.69 Å². The number of aryl methyl sites for hydroxylation is 1. The predicted octanol–water partition coefficient (Wildman–Crippen LogP) is 4.03. The van der Waals surface area contributed by atoms with Crippen molar-refractivity contribution in [2.75, 3.05) is 25.5 Å². The van der Waals surface area contributed by atoms with Gasteiger partial charge >= 0.3 is 5.97 Å². The van der Waals surface area contributed by atoms with E-state index in [0.29, 0.717) is 6.54 Å². The van der Waals surface area contributed by atoms with Gasteiger partial charge < -0.3 is 10.1 Å². The third-order valence-corrected chi connectivity index (χ3v) is 5.69. The van der Waals surface area contributed by atoms with Crippen LogP contribution in [0.25, 0.3) is 0 Å². The molecule has 0 aromatic heterocycles. The monoisotopic (exact) mass is 394 g/mol. The van der Waals surface area contributed by atoms with E-state index in [1.807, 2.05) is 42.5 Å². The first-order valence-electron chi connectivity index (χ1n) is 10.2. The molecule has 0 radical (unpaired) electrons. The summed E-state index contributed by atoms with van der Waals surface area (Å²) in [6.45, 7) is 3.96. The van der Waals surface area contributed by atoms with E-state index in [1.165, 1.54) is 25.2 Å². The van der Waals surface area contributed by atoms with Crippen molar-refractivity contribution >= 4 is 17.6 Å². The van der Waals surface area contributed by atoms with Gasteiger partial charge in [0.05, 0.1) is 12.5 Å². The maximum absolute atomic E-state index is 12.8. The molecule has 5 heteroatoms. The number of benzene rings is 2. The molecule has 5 nitrogen and oxygen atoms in total. The molecule has 1 heterocycles. The molecule has 1 atom stereocenters. The average molecular weight is 395 g/mol. The molecule has 0 spiro atoms. The fourth-order valence-corrected chi connectivity index (χ4v) is 4.23. The summed E-state index contributed by atoms with van der Waals surface area (Å²) in [6.07, 6.45) is 3.51. The minimum Gasteiger partial charge on any atom is -0.469 e. The maximum atomic E-state index is 12.8. The van der Waals surface area contributed by atoms with Crippen molar-refractivity contribution in [3.63, 3.8) is 0 Å². The standard InChI is InChI=1S/C24H30N2O3/c1-19(27)25-22-11-9-21(10-12-22)17-26-16-6-14-24(18-26,23(28)29-2)15-13-20-7-4-3-5-8-20/h3-5,7-12H,6,13-18H2,1-2H3,(H,25,27). The van der Waals surface area contributed by atoms with E-state index in [2.05, 4.69) is 22.3 Å². The molecule has 1 saturated heterocycles. The Morgan fingerprint density at radius 3 is 2.45 bits per heavy atom.